The molecular weight excluding hydrogens is 784 g/mol. The minimum atomic E-state index is -0.0113. The maximum atomic E-state index is 2.65. The lowest BCUT2D eigenvalue weighted by molar-refractivity contribution is 0.591. The van der Waals surface area contributed by atoms with Crippen LogP contribution >= 0.6 is 0 Å². The van der Waals surface area contributed by atoms with Crippen LogP contribution in [0.1, 0.15) is 52.7 Å². The van der Waals surface area contributed by atoms with Gasteiger partial charge >= 0.3 is 0 Å². The predicted octanol–water partition coefficient (Wildman–Crippen LogP) is 14.5. The molecule has 3 heteroatoms. The fourth-order valence-electron chi connectivity index (χ4n) is 12.8. The predicted molar refractivity (Wildman–Crippen MR) is 282 cm³/mol. The summed E-state index contributed by atoms with van der Waals surface area (Å²) in [5.41, 5.74) is 14.6. The number of benzene rings is 11. The number of hydrogen-bond acceptors (Lipinski definition) is 0. The van der Waals surface area contributed by atoms with Crippen LogP contribution in [0.2, 0.25) is 0 Å². The molecule has 2 aliphatic heterocycles. The SMILES string of the molecule is CC(C)(C)c1ccc2c(c1)c1c3c4ccccc4c4ccccc4c3cc3c1n2-c1cccc2c1B3c1cc3c4ccccc4c4ccccc4c3c3c4cc(C(C)(C)C)ccc4n-2c13. The van der Waals surface area contributed by atoms with Crippen LogP contribution in [0.15, 0.2) is 164 Å². The molecule has 0 aliphatic carbocycles. The zero-order chi connectivity index (χ0) is 43.4. The summed E-state index contributed by atoms with van der Waals surface area (Å²) in [6.45, 7) is 14.1. The molecule has 0 unspecified atom stereocenters. The minimum absolute atomic E-state index is 0.00624. The Labute approximate surface area is 377 Å². The summed E-state index contributed by atoms with van der Waals surface area (Å²) in [5.74, 6) is 0. The molecule has 0 saturated heterocycles. The van der Waals surface area contributed by atoms with Gasteiger partial charge in [-0.2, -0.15) is 0 Å². The van der Waals surface area contributed by atoms with Gasteiger partial charge in [-0.05, 0) is 129 Å². The highest BCUT2D eigenvalue weighted by molar-refractivity contribution is 7.00. The molecule has 2 aliphatic rings. The van der Waals surface area contributed by atoms with Crippen molar-refractivity contribution in [2.45, 2.75) is 52.4 Å². The van der Waals surface area contributed by atoms with E-state index in [0.717, 1.165) is 0 Å². The van der Waals surface area contributed by atoms with Crippen molar-refractivity contribution in [2.75, 3.05) is 0 Å². The molecule has 2 nitrogen and oxygen atoms in total. The van der Waals surface area contributed by atoms with E-state index in [1.165, 1.54) is 147 Å². The van der Waals surface area contributed by atoms with Crippen LogP contribution in [0.4, 0.5) is 0 Å². The maximum Gasteiger partial charge on any atom is 0.252 e. The van der Waals surface area contributed by atoms with Gasteiger partial charge in [-0.1, -0.05) is 169 Å². The van der Waals surface area contributed by atoms with Gasteiger partial charge in [-0.15, -0.1) is 0 Å². The second-order valence-electron chi connectivity index (χ2n) is 21.2. The fourth-order valence-corrected chi connectivity index (χ4v) is 12.8. The zero-order valence-electron chi connectivity index (χ0n) is 37.6. The van der Waals surface area contributed by atoms with Gasteiger partial charge in [0.15, 0.2) is 0 Å². The zero-order valence-corrected chi connectivity index (χ0v) is 37.6. The van der Waals surface area contributed by atoms with E-state index in [4.69, 9.17) is 0 Å². The lowest BCUT2D eigenvalue weighted by Crippen LogP contribution is -2.59. The van der Waals surface area contributed by atoms with Crippen molar-refractivity contribution in [3.63, 3.8) is 0 Å². The molecule has 306 valence electrons. The normalized spacial score (nSPS) is 13.7. The van der Waals surface area contributed by atoms with Crippen molar-refractivity contribution in [1.29, 1.82) is 0 Å². The molecule has 11 aromatic carbocycles. The average Bonchev–Trinajstić information content (AvgIpc) is 3.85. The van der Waals surface area contributed by atoms with Gasteiger partial charge in [0.2, 0.25) is 0 Å². The molecule has 0 radical (unpaired) electrons. The monoisotopic (exact) mass is 828 g/mol. The average molecular weight is 829 g/mol. The van der Waals surface area contributed by atoms with Gasteiger partial charge in [0.05, 0.1) is 22.1 Å². The Bertz CT molecular complexity index is 4100. The number of aromatic nitrogens is 2. The molecule has 0 fully saturated rings. The Kier molecular flexibility index (Phi) is 6.57. The summed E-state index contributed by atoms with van der Waals surface area (Å²) in [7, 11) is 0. The molecular formula is C62H45BN2. The van der Waals surface area contributed by atoms with E-state index in [1.54, 1.807) is 0 Å². The Morgan fingerprint density at radius 1 is 0.323 bits per heavy atom. The molecule has 0 saturated carbocycles. The molecule has 15 rings (SSSR count). The van der Waals surface area contributed by atoms with Crippen LogP contribution in [0.25, 0.3) is 120 Å². The minimum Gasteiger partial charge on any atom is -0.310 e. The van der Waals surface area contributed by atoms with Crippen molar-refractivity contribution < 1.29 is 0 Å². The Hall–Kier alpha value is -7.36. The number of rotatable bonds is 0. The molecule has 2 aromatic heterocycles. The molecule has 13 aromatic rings. The molecule has 0 amide bonds. The van der Waals surface area contributed by atoms with E-state index in [1.807, 2.05) is 0 Å². The first-order chi connectivity index (χ1) is 31.6. The molecule has 65 heavy (non-hydrogen) atoms. The number of hydrogen-bond donors (Lipinski definition) is 0. The second-order valence-corrected chi connectivity index (χ2v) is 21.2. The van der Waals surface area contributed by atoms with E-state index >= 15 is 0 Å². The number of nitrogens with zero attached hydrogens (tertiary/aromatic N) is 2. The number of fused-ring (bicyclic) bond motifs is 24. The summed E-state index contributed by atoms with van der Waals surface area (Å²) < 4.78 is 5.31. The lowest BCUT2D eigenvalue weighted by atomic mass is 9.34. The molecule has 0 atom stereocenters. The van der Waals surface area contributed by atoms with Crippen molar-refractivity contribution in [2.24, 2.45) is 0 Å². The molecule has 0 bridgehead atoms. The van der Waals surface area contributed by atoms with Crippen molar-refractivity contribution in [3.05, 3.63) is 175 Å². The third kappa shape index (κ3) is 4.37. The van der Waals surface area contributed by atoms with Gasteiger partial charge in [-0.25, -0.2) is 0 Å². The van der Waals surface area contributed by atoms with E-state index in [2.05, 4.69) is 214 Å². The van der Waals surface area contributed by atoms with Crippen LogP contribution in [0, 0.1) is 0 Å². The summed E-state index contributed by atoms with van der Waals surface area (Å²) in [5, 5.41) is 21.3. The standard InChI is InChI=1S/C62H45BN2/c1-61(2,3)34-26-28-50-46(30-34)56-54-42-22-13-11-18-38(42)36-16-7-9-20-40(36)44(54)32-48-59(56)64(50)52-24-15-25-53-58(52)63(48)49-33-45-41-21-10-8-17-37(41)39-19-12-14-23-43(39)55(45)57-47-31-35(62(4,5)6)27-29-51(47)65(53)60(49)57/h7-33H,1-6H3. The van der Waals surface area contributed by atoms with Crippen LogP contribution in [-0.2, 0) is 10.8 Å². The van der Waals surface area contributed by atoms with Crippen molar-refractivity contribution in [3.8, 4) is 11.4 Å². The third-order valence-electron chi connectivity index (χ3n) is 15.7. The summed E-state index contributed by atoms with van der Waals surface area (Å²) in [6.07, 6.45) is 0. The first-order valence-electron chi connectivity index (χ1n) is 23.4. The maximum absolute atomic E-state index is 2.65. The topological polar surface area (TPSA) is 9.86 Å². The molecule has 0 N–H and O–H groups in total. The second kappa shape index (κ2) is 11.9. The van der Waals surface area contributed by atoms with E-state index in [0.29, 0.717) is 0 Å². The quantitative estimate of drug-likeness (QED) is 0.106. The Morgan fingerprint density at radius 2 is 0.677 bits per heavy atom. The summed E-state index contributed by atoms with van der Waals surface area (Å²) in [4.78, 5) is 0. The largest absolute Gasteiger partial charge is 0.310 e. The molecule has 0 spiro atoms. The first-order valence-corrected chi connectivity index (χ1v) is 23.4. The van der Waals surface area contributed by atoms with Crippen molar-refractivity contribution >= 4 is 131 Å². The van der Waals surface area contributed by atoms with E-state index < -0.39 is 0 Å². The summed E-state index contributed by atoms with van der Waals surface area (Å²) >= 11 is 0. The van der Waals surface area contributed by atoms with E-state index in [9.17, 15) is 0 Å². The first kappa shape index (κ1) is 36.0. The van der Waals surface area contributed by atoms with E-state index in [-0.39, 0.29) is 17.5 Å². The smallest absolute Gasteiger partial charge is 0.252 e. The van der Waals surface area contributed by atoms with Crippen molar-refractivity contribution in [1.82, 2.24) is 9.13 Å². The fraction of sp³-hybridized carbons (Fsp3) is 0.129. The van der Waals surface area contributed by atoms with Gasteiger partial charge in [-0.3, -0.25) is 0 Å². The Balaban J connectivity index is 1.23. The highest BCUT2D eigenvalue weighted by Crippen LogP contribution is 2.48. The van der Waals surface area contributed by atoms with Gasteiger partial charge < -0.3 is 9.13 Å². The van der Waals surface area contributed by atoms with Gasteiger partial charge in [0.1, 0.15) is 0 Å². The summed E-state index contributed by atoms with van der Waals surface area (Å²) in [6, 6.07) is 63.6. The Morgan fingerprint density at radius 3 is 1.06 bits per heavy atom. The van der Waals surface area contributed by atoms with Crippen LogP contribution in [0.3, 0.4) is 0 Å². The molecule has 4 heterocycles. The lowest BCUT2D eigenvalue weighted by Gasteiger charge is -2.34. The third-order valence-corrected chi connectivity index (χ3v) is 15.7. The van der Waals surface area contributed by atoms with Crippen LogP contribution in [-0.4, -0.2) is 15.8 Å². The van der Waals surface area contributed by atoms with Gasteiger partial charge in [0.25, 0.3) is 6.71 Å². The van der Waals surface area contributed by atoms with Crippen LogP contribution < -0.4 is 16.4 Å². The van der Waals surface area contributed by atoms with Crippen LogP contribution in [0.5, 0.6) is 0 Å². The highest BCUT2D eigenvalue weighted by atomic mass is 15.0. The highest BCUT2D eigenvalue weighted by Gasteiger charge is 2.42. The van der Waals surface area contributed by atoms with Gasteiger partial charge in [0, 0.05) is 43.7 Å².